The van der Waals surface area contributed by atoms with Crippen molar-refractivity contribution >= 4 is 11.8 Å². The van der Waals surface area contributed by atoms with Crippen molar-refractivity contribution in [2.45, 2.75) is 42.4 Å². The van der Waals surface area contributed by atoms with Crippen LogP contribution in [0.4, 0.5) is 8.78 Å². The third-order valence-corrected chi connectivity index (χ3v) is 4.52. The van der Waals surface area contributed by atoms with E-state index >= 15 is 0 Å². The molecule has 0 spiro atoms. The van der Waals surface area contributed by atoms with E-state index in [-0.39, 0.29) is 11.6 Å². The Hall–Kier alpha value is -0.610. The van der Waals surface area contributed by atoms with Crippen LogP contribution in [0.15, 0.2) is 23.1 Å². The van der Waals surface area contributed by atoms with E-state index in [1.54, 1.807) is 0 Å². The predicted molar refractivity (Wildman–Crippen MR) is 67.3 cm³/mol. The minimum Gasteiger partial charge on any atom is -0.313 e. The second-order valence-electron chi connectivity index (χ2n) is 4.33. The van der Waals surface area contributed by atoms with Crippen LogP contribution in [0.1, 0.15) is 26.2 Å². The molecule has 0 aromatic heterocycles. The number of hydrogen-bond acceptors (Lipinski definition) is 2. The molecule has 1 N–H and O–H groups in total. The van der Waals surface area contributed by atoms with Crippen LogP contribution >= 0.6 is 11.8 Å². The van der Waals surface area contributed by atoms with Gasteiger partial charge < -0.3 is 5.32 Å². The Bertz CT molecular complexity index is 384. The zero-order valence-corrected chi connectivity index (χ0v) is 10.7. The van der Waals surface area contributed by atoms with Gasteiger partial charge in [0.15, 0.2) is 0 Å². The maximum atomic E-state index is 13.5. The first-order valence-corrected chi connectivity index (χ1v) is 6.93. The van der Waals surface area contributed by atoms with Gasteiger partial charge in [0.2, 0.25) is 0 Å². The van der Waals surface area contributed by atoms with Crippen LogP contribution in [0.5, 0.6) is 0 Å². The van der Waals surface area contributed by atoms with E-state index in [0.717, 1.165) is 31.9 Å². The fourth-order valence-electron chi connectivity index (χ4n) is 2.29. The minimum absolute atomic E-state index is 0.321. The van der Waals surface area contributed by atoms with Gasteiger partial charge in [0.1, 0.15) is 11.6 Å². The SMILES string of the molecule is CCNC1CCCC1Sc1cc(F)ccc1F. The van der Waals surface area contributed by atoms with Gasteiger partial charge in [0.25, 0.3) is 0 Å². The molecule has 94 valence electrons. The first-order valence-electron chi connectivity index (χ1n) is 6.05. The lowest BCUT2D eigenvalue weighted by molar-refractivity contribution is 0.548. The monoisotopic (exact) mass is 257 g/mol. The molecular formula is C13H17F2NS. The normalized spacial score (nSPS) is 24.2. The molecule has 0 heterocycles. The first-order chi connectivity index (χ1) is 8.20. The highest BCUT2D eigenvalue weighted by Crippen LogP contribution is 2.36. The van der Waals surface area contributed by atoms with Crippen LogP contribution in [-0.2, 0) is 0 Å². The largest absolute Gasteiger partial charge is 0.313 e. The van der Waals surface area contributed by atoms with Gasteiger partial charge >= 0.3 is 0 Å². The molecule has 4 heteroatoms. The van der Waals surface area contributed by atoms with Crippen LogP contribution in [0, 0.1) is 11.6 Å². The van der Waals surface area contributed by atoms with E-state index in [0.29, 0.717) is 16.2 Å². The van der Waals surface area contributed by atoms with Gasteiger partial charge in [-0.05, 0) is 37.6 Å². The number of thioether (sulfide) groups is 1. The van der Waals surface area contributed by atoms with Crippen LogP contribution in [0.3, 0.4) is 0 Å². The second kappa shape index (κ2) is 5.83. The van der Waals surface area contributed by atoms with Gasteiger partial charge in [0, 0.05) is 16.2 Å². The quantitative estimate of drug-likeness (QED) is 0.884. The van der Waals surface area contributed by atoms with E-state index < -0.39 is 0 Å². The number of benzene rings is 1. The van der Waals surface area contributed by atoms with E-state index in [9.17, 15) is 8.78 Å². The molecular weight excluding hydrogens is 240 g/mol. The summed E-state index contributed by atoms with van der Waals surface area (Å²) in [6.45, 7) is 3.00. The molecule has 1 fully saturated rings. The molecule has 2 atom stereocenters. The molecule has 1 nitrogen and oxygen atoms in total. The minimum atomic E-state index is -0.369. The van der Waals surface area contributed by atoms with Gasteiger partial charge in [0.05, 0.1) is 0 Å². The molecule has 1 aliphatic rings. The zero-order chi connectivity index (χ0) is 12.3. The lowest BCUT2D eigenvalue weighted by Gasteiger charge is -2.20. The molecule has 2 unspecified atom stereocenters. The van der Waals surface area contributed by atoms with E-state index in [1.165, 1.54) is 23.9 Å². The number of nitrogens with one attached hydrogen (secondary N) is 1. The zero-order valence-electron chi connectivity index (χ0n) is 9.88. The smallest absolute Gasteiger partial charge is 0.136 e. The summed E-state index contributed by atoms with van der Waals surface area (Å²) in [6, 6.07) is 4.08. The highest BCUT2D eigenvalue weighted by Gasteiger charge is 2.28. The van der Waals surface area contributed by atoms with Crippen LogP contribution < -0.4 is 5.32 Å². The molecule has 1 aromatic rings. The fraction of sp³-hybridized carbons (Fsp3) is 0.538. The lowest BCUT2D eigenvalue weighted by Crippen LogP contribution is -2.33. The molecule has 1 aromatic carbocycles. The molecule has 0 bridgehead atoms. The van der Waals surface area contributed by atoms with Crippen LogP contribution in [-0.4, -0.2) is 17.8 Å². The maximum Gasteiger partial charge on any atom is 0.136 e. The Morgan fingerprint density at radius 2 is 2.18 bits per heavy atom. The van der Waals surface area contributed by atoms with Crippen molar-refractivity contribution < 1.29 is 8.78 Å². The summed E-state index contributed by atoms with van der Waals surface area (Å²) in [6.07, 6.45) is 3.35. The Morgan fingerprint density at radius 1 is 1.35 bits per heavy atom. The Morgan fingerprint density at radius 3 is 2.94 bits per heavy atom. The van der Waals surface area contributed by atoms with Crippen LogP contribution in [0.25, 0.3) is 0 Å². The number of halogens is 2. The van der Waals surface area contributed by atoms with Crippen molar-refractivity contribution in [1.29, 1.82) is 0 Å². The van der Waals surface area contributed by atoms with Gasteiger partial charge in [-0.25, -0.2) is 8.78 Å². The van der Waals surface area contributed by atoms with Gasteiger partial charge in [-0.1, -0.05) is 13.3 Å². The second-order valence-corrected chi connectivity index (χ2v) is 5.61. The summed E-state index contributed by atoms with van der Waals surface area (Å²) >= 11 is 1.46. The third kappa shape index (κ3) is 3.19. The molecule has 1 aliphatic carbocycles. The molecule has 0 amide bonds. The highest BCUT2D eigenvalue weighted by molar-refractivity contribution is 8.00. The lowest BCUT2D eigenvalue weighted by atomic mass is 10.2. The van der Waals surface area contributed by atoms with Crippen LogP contribution in [0.2, 0.25) is 0 Å². The van der Waals surface area contributed by atoms with E-state index in [2.05, 4.69) is 12.2 Å². The van der Waals surface area contributed by atoms with E-state index in [1.807, 2.05) is 0 Å². The summed E-state index contributed by atoms with van der Waals surface area (Å²) in [5, 5.41) is 3.76. The summed E-state index contributed by atoms with van der Waals surface area (Å²) in [4.78, 5) is 0.430. The van der Waals surface area contributed by atoms with Gasteiger partial charge in [-0.2, -0.15) is 0 Å². The molecule has 0 aliphatic heterocycles. The molecule has 0 saturated heterocycles. The highest BCUT2D eigenvalue weighted by atomic mass is 32.2. The van der Waals surface area contributed by atoms with E-state index in [4.69, 9.17) is 0 Å². The summed E-state index contributed by atoms with van der Waals surface area (Å²) in [5.41, 5.74) is 0. The van der Waals surface area contributed by atoms with Crippen molar-refractivity contribution in [2.75, 3.05) is 6.54 Å². The topological polar surface area (TPSA) is 12.0 Å². The molecule has 2 rings (SSSR count). The maximum absolute atomic E-state index is 13.5. The molecule has 0 radical (unpaired) electrons. The standard InChI is InChI=1S/C13H17F2NS/c1-2-16-11-4-3-5-12(11)17-13-8-9(14)6-7-10(13)15/h6-8,11-12,16H,2-5H2,1H3. The van der Waals surface area contributed by atoms with Crippen molar-refractivity contribution in [3.05, 3.63) is 29.8 Å². The average molecular weight is 257 g/mol. The van der Waals surface area contributed by atoms with Gasteiger partial charge in [-0.3, -0.25) is 0 Å². The predicted octanol–water partition coefficient (Wildman–Crippen LogP) is 3.59. The van der Waals surface area contributed by atoms with Gasteiger partial charge in [-0.15, -0.1) is 11.8 Å². The van der Waals surface area contributed by atoms with Crippen molar-refractivity contribution in [2.24, 2.45) is 0 Å². The summed E-state index contributed by atoms with van der Waals surface area (Å²) in [7, 11) is 0. The Labute approximate surface area is 105 Å². The number of rotatable bonds is 4. The Balaban J connectivity index is 2.06. The Kier molecular flexibility index (Phi) is 4.40. The third-order valence-electron chi connectivity index (χ3n) is 3.09. The van der Waals surface area contributed by atoms with Crippen molar-refractivity contribution in [3.63, 3.8) is 0 Å². The van der Waals surface area contributed by atoms with Crippen molar-refractivity contribution in [1.82, 2.24) is 5.32 Å². The molecule has 17 heavy (non-hydrogen) atoms. The first kappa shape index (κ1) is 12.8. The van der Waals surface area contributed by atoms with Crippen molar-refractivity contribution in [3.8, 4) is 0 Å². The molecule has 1 saturated carbocycles. The average Bonchev–Trinajstić information content (AvgIpc) is 2.72. The number of hydrogen-bond donors (Lipinski definition) is 1. The summed E-state index contributed by atoms with van der Waals surface area (Å²) in [5.74, 6) is -0.689. The summed E-state index contributed by atoms with van der Waals surface area (Å²) < 4.78 is 26.6. The fourth-order valence-corrected chi connectivity index (χ4v) is 3.66.